The molecule has 0 saturated carbocycles. The minimum atomic E-state index is -4.76. The monoisotopic (exact) mass is 324 g/mol. The Morgan fingerprint density at radius 2 is 1.87 bits per heavy atom. The highest BCUT2D eigenvalue weighted by molar-refractivity contribution is 5.82. The number of halogens is 3. The van der Waals surface area contributed by atoms with Crippen molar-refractivity contribution in [3.05, 3.63) is 72.2 Å². The molecule has 23 heavy (non-hydrogen) atoms. The van der Waals surface area contributed by atoms with Crippen LogP contribution in [0.2, 0.25) is 0 Å². The smallest absolute Gasteiger partial charge is 0.478 e. The lowest BCUT2D eigenvalue weighted by Crippen LogP contribution is -2.17. The van der Waals surface area contributed by atoms with E-state index in [-0.39, 0.29) is 5.75 Å². The van der Waals surface area contributed by atoms with Gasteiger partial charge in [0, 0.05) is 11.6 Å². The molecule has 4 nitrogen and oxygen atoms in total. The normalized spacial score (nSPS) is 12.6. The Balaban J connectivity index is 2.31. The molecule has 0 radical (unpaired) electrons. The lowest BCUT2D eigenvalue weighted by atomic mass is 10.0. The summed E-state index contributed by atoms with van der Waals surface area (Å²) in [5.41, 5.74) is 1.07. The Bertz CT molecular complexity index is 711. The number of carboxylic acid groups (broad SMARTS) is 1. The van der Waals surface area contributed by atoms with E-state index < -0.39 is 12.3 Å². The number of ether oxygens (including phenoxy) is 1. The Morgan fingerprint density at radius 1 is 1.17 bits per heavy atom. The van der Waals surface area contributed by atoms with E-state index in [0.717, 1.165) is 6.08 Å². The molecule has 1 N–H and O–H groups in total. The molecular formula is C16H11F3O4. The summed E-state index contributed by atoms with van der Waals surface area (Å²) in [6, 6.07) is 8.47. The van der Waals surface area contributed by atoms with E-state index in [1.54, 1.807) is 12.1 Å². The SMILES string of the molecule is O=C(O)/C=C/C=C(/c1ccc(OC(F)(F)F)cc1)c1ccco1. The van der Waals surface area contributed by atoms with Gasteiger partial charge in [-0.1, -0.05) is 24.3 Å². The molecule has 0 bridgehead atoms. The Morgan fingerprint density at radius 3 is 2.39 bits per heavy atom. The maximum atomic E-state index is 12.2. The van der Waals surface area contributed by atoms with E-state index >= 15 is 0 Å². The zero-order valence-electron chi connectivity index (χ0n) is 11.6. The first-order valence-corrected chi connectivity index (χ1v) is 6.36. The van der Waals surface area contributed by atoms with Crippen LogP contribution in [-0.2, 0) is 4.79 Å². The van der Waals surface area contributed by atoms with Gasteiger partial charge in [-0.15, -0.1) is 13.2 Å². The highest BCUT2D eigenvalue weighted by Crippen LogP contribution is 2.28. The Hall–Kier alpha value is -2.96. The van der Waals surface area contributed by atoms with E-state index in [0.29, 0.717) is 16.9 Å². The van der Waals surface area contributed by atoms with Crippen molar-refractivity contribution in [3.8, 4) is 5.75 Å². The average molecular weight is 324 g/mol. The molecule has 0 unspecified atom stereocenters. The van der Waals surface area contributed by atoms with Crippen molar-refractivity contribution in [3.63, 3.8) is 0 Å². The molecule has 0 aliphatic carbocycles. The predicted molar refractivity (Wildman–Crippen MR) is 75.7 cm³/mol. The van der Waals surface area contributed by atoms with Crippen LogP contribution in [-0.4, -0.2) is 17.4 Å². The number of alkyl halides is 3. The van der Waals surface area contributed by atoms with Crippen LogP contribution >= 0.6 is 0 Å². The van der Waals surface area contributed by atoms with Gasteiger partial charge in [-0.05, 0) is 29.8 Å². The summed E-state index contributed by atoms with van der Waals surface area (Å²) in [5, 5.41) is 8.61. The van der Waals surface area contributed by atoms with Crippen LogP contribution in [0.15, 0.2) is 65.3 Å². The Labute approximate surface area is 129 Å². The fraction of sp³-hybridized carbons (Fsp3) is 0.0625. The molecule has 0 aliphatic rings. The molecule has 1 heterocycles. The van der Waals surface area contributed by atoms with Gasteiger partial charge in [-0.2, -0.15) is 0 Å². The van der Waals surface area contributed by atoms with Gasteiger partial charge in [0.1, 0.15) is 11.5 Å². The third kappa shape index (κ3) is 5.06. The second-order valence-corrected chi connectivity index (χ2v) is 4.33. The second-order valence-electron chi connectivity index (χ2n) is 4.33. The third-order valence-electron chi connectivity index (χ3n) is 2.69. The minimum absolute atomic E-state index is 0.346. The largest absolute Gasteiger partial charge is 0.573 e. The fourth-order valence-corrected chi connectivity index (χ4v) is 1.82. The van der Waals surface area contributed by atoms with Crippen LogP contribution in [0.3, 0.4) is 0 Å². The van der Waals surface area contributed by atoms with E-state index in [4.69, 9.17) is 9.52 Å². The van der Waals surface area contributed by atoms with Crippen molar-refractivity contribution in [2.45, 2.75) is 6.36 Å². The van der Waals surface area contributed by atoms with Gasteiger partial charge in [-0.3, -0.25) is 0 Å². The summed E-state index contributed by atoms with van der Waals surface area (Å²) < 4.78 is 45.5. The summed E-state index contributed by atoms with van der Waals surface area (Å²) in [5.74, 6) is -1.01. The van der Waals surface area contributed by atoms with Gasteiger partial charge < -0.3 is 14.3 Å². The molecule has 0 saturated heterocycles. The van der Waals surface area contributed by atoms with E-state index in [1.807, 2.05) is 0 Å². The van der Waals surface area contributed by atoms with Gasteiger partial charge in [0.2, 0.25) is 0 Å². The molecule has 0 spiro atoms. The zero-order valence-corrected chi connectivity index (χ0v) is 11.6. The van der Waals surface area contributed by atoms with Gasteiger partial charge in [0.05, 0.1) is 6.26 Å². The van der Waals surface area contributed by atoms with Gasteiger partial charge in [0.25, 0.3) is 0 Å². The number of benzene rings is 1. The average Bonchev–Trinajstić information content (AvgIpc) is 2.97. The molecule has 7 heteroatoms. The number of furan rings is 1. The molecule has 2 rings (SSSR count). The van der Waals surface area contributed by atoms with E-state index in [9.17, 15) is 18.0 Å². The van der Waals surface area contributed by atoms with Crippen molar-refractivity contribution < 1.29 is 32.2 Å². The summed E-state index contributed by atoms with van der Waals surface area (Å²) in [6.07, 6.45) is 0.410. The lowest BCUT2D eigenvalue weighted by molar-refractivity contribution is -0.274. The van der Waals surface area contributed by atoms with Crippen molar-refractivity contribution >= 4 is 11.5 Å². The van der Waals surface area contributed by atoms with Crippen LogP contribution in [0.1, 0.15) is 11.3 Å². The summed E-state index contributed by atoms with van der Waals surface area (Å²) in [7, 11) is 0. The molecule has 2 aromatic rings. The van der Waals surface area contributed by atoms with Gasteiger partial charge >= 0.3 is 12.3 Å². The highest BCUT2D eigenvalue weighted by Gasteiger charge is 2.31. The standard InChI is InChI=1S/C16H11F3O4/c17-16(18,19)23-12-8-6-11(7-9-12)13(3-1-5-15(20)21)14-4-2-10-22-14/h1-10H,(H,20,21)/b5-1+,13-3-. The topological polar surface area (TPSA) is 59.7 Å². The summed E-state index contributed by atoms with van der Waals surface area (Å²) in [4.78, 5) is 10.5. The molecule has 0 aliphatic heterocycles. The first-order valence-electron chi connectivity index (χ1n) is 6.36. The van der Waals surface area contributed by atoms with Crippen LogP contribution in [0.5, 0.6) is 5.75 Å². The number of carboxylic acids is 1. The molecule has 0 atom stereocenters. The van der Waals surface area contributed by atoms with Crippen LogP contribution < -0.4 is 4.74 Å². The predicted octanol–water partition coefficient (Wildman–Crippen LogP) is 4.25. The van der Waals surface area contributed by atoms with Crippen molar-refractivity contribution in [1.29, 1.82) is 0 Å². The quantitative estimate of drug-likeness (QED) is 0.660. The lowest BCUT2D eigenvalue weighted by Gasteiger charge is -2.10. The van der Waals surface area contributed by atoms with E-state index in [1.165, 1.54) is 42.7 Å². The summed E-state index contributed by atoms with van der Waals surface area (Å²) >= 11 is 0. The van der Waals surface area contributed by atoms with Gasteiger partial charge in [-0.25, -0.2) is 4.79 Å². The molecular weight excluding hydrogens is 313 g/mol. The minimum Gasteiger partial charge on any atom is -0.478 e. The number of hydrogen-bond donors (Lipinski definition) is 1. The van der Waals surface area contributed by atoms with Crippen LogP contribution in [0.25, 0.3) is 5.57 Å². The second kappa shape index (κ2) is 6.87. The number of rotatable bonds is 5. The van der Waals surface area contributed by atoms with Crippen LogP contribution in [0, 0.1) is 0 Å². The molecule has 0 fully saturated rings. The van der Waals surface area contributed by atoms with Crippen molar-refractivity contribution in [1.82, 2.24) is 0 Å². The first-order chi connectivity index (χ1) is 10.8. The number of aliphatic carboxylic acids is 1. The zero-order chi connectivity index (χ0) is 16.9. The van der Waals surface area contributed by atoms with E-state index in [2.05, 4.69) is 4.74 Å². The van der Waals surface area contributed by atoms with Crippen molar-refractivity contribution in [2.24, 2.45) is 0 Å². The molecule has 120 valence electrons. The van der Waals surface area contributed by atoms with Gasteiger partial charge in [0.15, 0.2) is 0 Å². The summed E-state index contributed by atoms with van der Waals surface area (Å²) in [6.45, 7) is 0. The number of allylic oxidation sites excluding steroid dienone is 2. The Kier molecular flexibility index (Phi) is 4.90. The number of hydrogen-bond acceptors (Lipinski definition) is 3. The maximum absolute atomic E-state index is 12.2. The molecule has 1 aromatic carbocycles. The maximum Gasteiger partial charge on any atom is 0.573 e. The highest BCUT2D eigenvalue weighted by atomic mass is 19.4. The third-order valence-corrected chi connectivity index (χ3v) is 2.69. The van der Waals surface area contributed by atoms with Crippen molar-refractivity contribution in [2.75, 3.05) is 0 Å². The van der Waals surface area contributed by atoms with Crippen LogP contribution in [0.4, 0.5) is 13.2 Å². The first kappa shape index (κ1) is 16.4. The molecule has 0 amide bonds. The molecule has 1 aromatic heterocycles. The fourth-order valence-electron chi connectivity index (χ4n) is 1.82. The number of carbonyl (C=O) groups is 1.